The Hall–Kier alpha value is -1.94. The molecule has 108 valence electrons. The molecule has 0 aliphatic carbocycles. The SMILES string of the molecule is O=CC=C(c1ccc(Cl)cc1)c1ccc(CO)c(CO)c1. The van der Waals surface area contributed by atoms with Gasteiger partial charge in [-0.15, -0.1) is 0 Å². The number of rotatable bonds is 5. The maximum Gasteiger partial charge on any atom is 0.143 e. The quantitative estimate of drug-likeness (QED) is 0.659. The predicted molar refractivity (Wildman–Crippen MR) is 82.9 cm³/mol. The Balaban J connectivity index is 2.51. The Morgan fingerprint density at radius 3 is 2.14 bits per heavy atom. The number of hydrogen-bond acceptors (Lipinski definition) is 3. The van der Waals surface area contributed by atoms with Gasteiger partial charge in [0.1, 0.15) is 6.29 Å². The van der Waals surface area contributed by atoms with Crippen molar-refractivity contribution in [2.45, 2.75) is 13.2 Å². The fourth-order valence-corrected chi connectivity index (χ4v) is 2.28. The number of halogens is 1. The summed E-state index contributed by atoms with van der Waals surface area (Å²) in [4.78, 5) is 10.9. The fourth-order valence-electron chi connectivity index (χ4n) is 2.15. The summed E-state index contributed by atoms with van der Waals surface area (Å²) < 4.78 is 0. The molecule has 2 rings (SSSR count). The van der Waals surface area contributed by atoms with E-state index in [0.717, 1.165) is 23.0 Å². The zero-order chi connectivity index (χ0) is 15.2. The highest BCUT2D eigenvalue weighted by Crippen LogP contribution is 2.26. The normalized spacial score (nSPS) is 11.5. The van der Waals surface area contributed by atoms with Gasteiger partial charge >= 0.3 is 0 Å². The third kappa shape index (κ3) is 3.58. The topological polar surface area (TPSA) is 57.5 Å². The van der Waals surface area contributed by atoms with Crippen molar-refractivity contribution in [3.8, 4) is 0 Å². The lowest BCUT2D eigenvalue weighted by molar-refractivity contribution is -0.104. The van der Waals surface area contributed by atoms with Crippen molar-refractivity contribution in [1.82, 2.24) is 0 Å². The number of aliphatic hydroxyl groups excluding tert-OH is 2. The maximum atomic E-state index is 10.9. The first kappa shape index (κ1) is 15.4. The minimum Gasteiger partial charge on any atom is -0.392 e. The van der Waals surface area contributed by atoms with Gasteiger partial charge in [0.05, 0.1) is 13.2 Å². The second kappa shape index (κ2) is 7.18. The van der Waals surface area contributed by atoms with Crippen LogP contribution in [-0.4, -0.2) is 16.5 Å². The van der Waals surface area contributed by atoms with E-state index in [1.54, 1.807) is 24.3 Å². The summed E-state index contributed by atoms with van der Waals surface area (Å²) in [5.74, 6) is 0. The Bertz CT molecular complexity index is 660. The van der Waals surface area contributed by atoms with Crippen molar-refractivity contribution in [3.05, 3.63) is 75.8 Å². The lowest BCUT2D eigenvalue weighted by Crippen LogP contribution is -1.97. The van der Waals surface area contributed by atoms with E-state index >= 15 is 0 Å². The number of benzene rings is 2. The molecule has 0 aliphatic heterocycles. The molecule has 0 radical (unpaired) electrons. The van der Waals surface area contributed by atoms with Crippen LogP contribution in [0.25, 0.3) is 5.57 Å². The van der Waals surface area contributed by atoms with Crippen molar-refractivity contribution < 1.29 is 15.0 Å². The van der Waals surface area contributed by atoms with Gasteiger partial charge in [-0.1, -0.05) is 35.9 Å². The number of carbonyl (C=O) groups excluding carboxylic acids is 1. The van der Waals surface area contributed by atoms with Crippen molar-refractivity contribution in [3.63, 3.8) is 0 Å². The van der Waals surface area contributed by atoms with Gasteiger partial charge in [-0.3, -0.25) is 4.79 Å². The molecular weight excluding hydrogens is 288 g/mol. The summed E-state index contributed by atoms with van der Waals surface area (Å²) in [6.07, 6.45) is 2.20. The third-order valence-corrected chi connectivity index (χ3v) is 3.50. The van der Waals surface area contributed by atoms with Crippen molar-refractivity contribution in [1.29, 1.82) is 0 Å². The van der Waals surface area contributed by atoms with Crippen LogP contribution in [0.4, 0.5) is 0 Å². The van der Waals surface area contributed by atoms with E-state index in [4.69, 9.17) is 11.6 Å². The van der Waals surface area contributed by atoms with E-state index in [9.17, 15) is 15.0 Å². The number of carbonyl (C=O) groups is 1. The van der Waals surface area contributed by atoms with E-state index in [0.29, 0.717) is 16.1 Å². The molecule has 0 fully saturated rings. The number of hydrogen-bond donors (Lipinski definition) is 2. The van der Waals surface area contributed by atoms with E-state index in [-0.39, 0.29) is 13.2 Å². The minimum atomic E-state index is -0.168. The first-order chi connectivity index (χ1) is 10.2. The maximum absolute atomic E-state index is 10.9. The Morgan fingerprint density at radius 1 is 0.952 bits per heavy atom. The standard InChI is InChI=1S/C17H15ClO3/c18-16-5-3-12(4-6-16)17(7-8-19)13-1-2-14(10-20)15(9-13)11-21/h1-9,20-21H,10-11H2. The highest BCUT2D eigenvalue weighted by Gasteiger charge is 2.08. The van der Waals surface area contributed by atoms with E-state index in [1.807, 2.05) is 18.2 Å². The van der Waals surface area contributed by atoms with Gasteiger partial charge in [0.15, 0.2) is 0 Å². The molecule has 0 bridgehead atoms. The molecule has 0 heterocycles. The number of aliphatic hydroxyl groups is 2. The number of allylic oxidation sites excluding steroid dienone is 1. The van der Waals surface area contributed by atoms with E-state index in [2.05, 4.69) is 0 Å². The molecule has 3 nitrogen and oxygen atoms in total. The minimum absolute atomic E-state index is 0.135. The lowest BCUT2D eigenvalue weighted by atomic mass is 9.94. The first-order valence-electron chi connectivity index (χ1n) is 6.45. The summed E-state index contributed by atoms with van der Waals surface area (Å²) in [6, 6.07) is 12.5. The zero-order valence-electron chi connectivity index (χ0n) is 11.3. The van der Waals surface area contributed by atoms with E-state index < -0.39 is 0 Å². The third-order valence-electron chi connectivity index (χ3n) is 3.25. The molecular formula is C17H15ClO3. The summed E-state index contributed by atoms with van der Waals surface area (Å²) in [7, 11) is 0. The summed E-state index contributed by atoms with van der Waals surface area (Å²) in [5, 5.41) is 19.2. The van der Waals surface area contributed by atoms with Gasteiger partial charge in [-0.05, 0) is 52.1 Å². The predicted octanol–water partition coefficient (Wildman–Crippen LogP) is 2.96. The zero-order valence-corrected chi connectivity index (χ0v) is 12.0. The van der Waals surface area contributed by atoms with E-state index in [1.165, 1.54) is 6.08 Å². The van der Waals surface area contributed by atoms with Crippen molar-refractivity contribution in [2.24, 2.45) is 0 Å². The molecule has 2 aromatic rings. The molecule has 0 aliphatic rings. The molecule has 4 heteroatoms. The molecule has 2 N–H and O–H groups in total. The van der Waals surface area contributed by atoms with Crippen LogP contribution in [0.1, 0.15) is 22.3 Å². The van der Waals surface area contributed by atoms with Crippen LogP contribution in [0.3, 0.4) is 0 Å². The molecule has 21 heavy (non-hydrogen) atoms. The van der Waals surface area contributed by atoms with Gasteiger partial charge in [0.25, 0.3) is 0 Å². The van der Waals surface area contributed by atoms with Crippen molar-refractivity contribution >= 4 is 23.5 Å². The molecule has 2 aromatic carbocycles. The van der Waals surface area contributed by atoms with Crippen LogP contribution < -0.4 is 0 Å². The molecule has 0 spiro atoms. The van der Waals surface area contributed by atoms with Crippen LogP contribution in [0.2, 0.25) is 5.02 Å². The highest BCUT2D eigenvalue weighted by atomic mass is 35.5. The highest BCUT2D eigenvalue weighted by molar-refractivity contribution is 6.30. The monoisotopic (exact) mass is 302 g/mol. The second-order valence-electron chi connectivity index (χ2n) is 4.52. The Kier molecular flexibility index (Phi) is 5.28. The number of aldehydes is 1. The largest absolute Gasteiger partial charge is 0.392 e. The van der Waals surface area contributed by atoms with Gasteiger partial charge in [0.2, 0.25) is 0 Å². The average molecular weight is 303 g/mol. The lowest BCUT2D eigenvalue weighted by Gasteiger charge is -2.11. The van der Waals surface area contributed by atoms with Crippen LogP contribution in [0.5, 0.6) is 0 Å². The Labute approximate surface area is 128 Å². The molecule has 0 atom stereocenters. The molecule has 0 amide bonds. The molecule has 0 saturated carbocycles. The van der Waals surface area contributed by atoms with Gasteiger partial charge < -0.3 is 10.2 Å². The van der Waals surface area contributed by atoms with Crippen LogP contribution in [0, 0.1) is 0 Å². The molecule has 0 aromatic heterocycles. The van der Waals surface area contributed by atoms with Gasteiger partial charge in [0, 0.05) is 5.02 Å². The smallest absolute Gasteiger partial charge is 0.143 e. The van der Waals surface area contributed by atoms with Gasteiger partial charge in [-0.25, -0.2) is 0 Å². The summed E-state index contributed by atoms with van der Waals surface area (Å²) >= 11 is 5.88. The first-order valence-corrected chi connectivity index (χ1v) is 6.82. The van der Waals surface area contributed by atoms with Gasteiger partial charge in [-0.2, -0.15) is 0 Å². The van der Waals surface area contributed by atoms with Crippen molar-refractivity contribution in [2.75, 3.05) is 0 Å². The summed E-state index contributed by atoms with van der Waals surface area (Å²) in [5.41, 5.74) is 3.70. The van der Waals surface area contributed by atoms with Crippen LogP contribution >= 0.6 is 11.6 Å². The molecule has 0 unspecified atom stereocenters. The van der Waals surface area contributed by atoms with Crippen LogP contribution in [-0.2, 0) is 18.0 Å². The average Bonchev–Trinajstić information content (AvgIpc) is 2.53. The Morgan fingerprint density at radius 2 is 1.57 bits per heavy atom. The summed E-state index contributed by atoms with van der Waals surface area (Å²) in [6.45, 7) is -0.303. The molecule has 0 saturated heterocycles. The second-order valence-corrected chi connectivity index (χ2v) is 4.96. The van der Waals surface area contributed by atoms with Crippen LogP contribution in [0.15, 0.2) is 48.5 Å². The fraction of sp³-hybridized carbons (Fsp3) is 0.118.